The molecule has 1 saturated carbocycles. The van der Waals surface area contributed by atoms with Crippen LogP contribution in [0.4, 0.5) is 0 Å². The van der Waals surface area contributed by atoms with E-state index < -0.39 is 6.10 Å². The van der Waals surface area contributed by atoms with Gasteiger partial charge in [-0.25, -0.2) is 0 Å². The van der Waals surface area contributed by atoms with Crippen LogP contribution in [0.1, 0.15) is 49.8 Å². The van der Waals surface area contributed by atoms with E-state index in [0.717, 1.165) is 24.0 Å². The summed E-state index contributed by atoms with van der Waals surface area (Å²) in [6.45, 7) is 4.19. The zero-order valence-electron chi connectivity index (χ0n) is 12.3. The number of hydrogen-bond acceptors (Lipinski definition) is 3. The summed E-state index contributed by atoms with van der Waals surface area (Å²) < 4.78 is 10.6. The number of methoxy groups -OCH3 is 2. The van der Waals surface area contributed by atoms with Gasteiger partial charge in [0, 0.05) is 0 Å². The molecule has 0 bridgehead atoms. The van der Waals surface area contributed by atoms with Crippen molar-refractivity contribution in [3.05, 3.63) is 23.3 Å². The summed E-state index contributed by atoms with van der Waals surface area (Å²) in [6.07, 6.45) is 4.15. The summed E-state index contributed by atoms with van der Waals surface area (Å²) >= 11 is 0. The maximum absolute atomic E-state index is 10.7. The van der Waals surface area contributed by atoms with Crippen molar-refractivity contribution in [3.63, 3.8) is 0 Å². The lowest BCUT2D eigenvalue weighted by Gasteiger charge is -2.31. The van der Waals surface area contributed by atoms with Crippen LogP contribution in [0.3, 0.4) is 0 Å². The number of benzene rings is 1. The summed E-state index contributed by atoms with van der Waals surface area (Å²) in [5.41, 5.74) is 2.00. The second kappa shape index (κ2) is 5.41. The Morgan fingerprint density at radius 2 is 1.63 bits per heavy atom. The molecule has 0 amide bonds. The predicted molar refractivity (Wildman–Crippen MR) is 75.8 cm³/mol. The van der Waals surface area contributed by atoms with E-state index in [1.807, 2.05) is 19.1 Å². The van der Waals surface area contributed by atoms with Crippen LogP contribution in [0.25, 0.3) is 0 Å². The maximum Gasteiger partial charge on any atom is 0.161 e. The largest absolute Gasteiger partial charge is 0.493 e. The second-order valence-corrected chi connectivity index (χ2v) is 5.83. The third-order valence-electron chi connectivity index (χ3n) is 4.47. The molecule has 1 atom stereocenters. The van der Waals surface area contributed by atoms with Crippen molar-refractivity contribution in [1.82, 2.24) is 0 Å². The third-order valence-corrected chi connectivity index (χ3v) is 4.47. The Balaban J connectivity index is 2.38. The van der Waals surface area contributed by atoms with Crippen LogP contribution < -0.4 is 9.47 Å². The van der Waals surface area contributed by atoms with Crippen LogP contribution in [-0.2, 0) is 0 Å². The quantitative estimate of drug-likeness (QED) is 0.902. The molecule has 3 nitrogen and oxygen atoms in total. The lowest BCUT2D eigenvalue weighted by atomic mass is 9.78. The van der Waals surface area contributed by atoms with E-state index in [0.29, 0.717) is 11.5 Å². The van der Waals surface area contributed by atoms with Gasteiger partial charge in [-0.2, -0.15) is 0 Å². The minimum Gasteiger partial charge on any atom is -0.493 e. The number of aliphatic hydroxyl groups is 1. The standard InChI is InChI=1S/C16H24O3/c1-11-9-13(18-3)14(19-4)10-12(11)15(17)16(2)7-5-6-8-16/h9-10,15,17H,5-8H2,1-4H3. The lowest BCUT2D eigenvalue weighted by Crippen LogP contribution is -2.22. The van der Waals surface area contributed by atoms with Crippen molar-refractivity contribution in [2.24, 2.45) is 5.41 Å². The van der Waals surface area contributed by atoms with Crippen LogP contribution in [0.5, 0.6) is 11.5 Å². The van der Waals surface area contributed by atoms with E-state index >= 15 is 0 Å². The van der Waals surface area contributed by atoms with E-state index in [-0.39, 0.29) is 5.41 Å². The monoisotopic (exact) mass is 264 g/mol. The van der Waals surface area contributed by atoms with Crippen LogP contribution >= 0.6 is 0 Å². The molecule has 0 heterocycles. The van der Waals surface area contributed by atoms with Gasteiger partial charge in [-0.05, 0) is 48.4 Å². The van der Waals surface area contributed by atoms with Gasteiger partial charge >= 0.3 is 0 Å². The molecule has 0 spiro atoms. The predicted octanol–water partition coefficient (Wildman–Crippen LogP) is 3.63. The molecule has 1 aliphatic rings. The van der Waals surface area contributed by atoms with Gasteiger partial charge in [0.1, 0.15) is 0 Å². The first-order valence-corrected chi connectivity index (χ1v) is 6.92. The van der Waals surface area contributed by atoms with Crippen LogP contribution in [0.2, 0.25) is 0 Å². The summed E-state index contributed by atoms with van der Waals surface area (Å²) in [5, 5.41) is 10.7. The lowest BCUT2D eigenvalue weighted by molar-refractivity contribution is 0.0401. The molecule has 2 rings (SSSR count). The molecular weight excluding hydrogens is 240 g/mol. The second-order valence-electron chi connectivity index (χ2n) is 5.83. The van der Waals surface area contributed by atoms with E-state index in [1.54, 1.807) is 14.2 Å². The molecule has 0 aliphatic heterocycles. The Labute approximate surface area is 115 Å². The Morgan fingerprint density at radius 1 is 1.11 bits per heavy atom. The highest BCUT2D eigenvalue weighted by molar-refractivity contribution is 5.48. The molecule has 0 radical (unpaired) electrons. The highest BCUT2D eigenvalue weighted by atomic mass is 16.5. The molecule has 1 fully saturated rings. The van der Waals surface area contributed by atoms with Gasteiger partial charge in [0.15, 0.2) is 11.5 Å². The number of aryl methyl sites for hydroxylation is 1. The zero-order chi connectivity index (χ0) is 14.0. The Morgan fingerprint density at radius 3 is 2.16 bits per heavy atom. The average Bonchev–Trinajstić information content (AvgIpc) is 2.85. The Hall–Kier alpha value is -1.22. The molecule has 1 N–H and O–H groups in total. The normalized spacial score (nSPS) is 19.2. The molecule has 19 heavy (non-hydrogen) atoms. The number of hydrogen-bond donors (Lipinski definition) is 1. The topological polar surface area (TPSA) is 38.7 Å². The summed E-state index contributed by atoms with van der Waals surface area (Å²) in [5.74, 6) is 1.40. The zero-order valence-corrected chi connectivity index (χ0v) is 12.3. The third kappa shape index (κ3) is 2.57. The molecule has 106 valence electrons. The van der Waals surface area contributed by atoms with Gasteiger partial charge in [-0.3, -0.25) is 0 Å². The molecule has 0 aromatic heterocycles. The van der Waals surface area contributed by atoms with E-state index in [2.05, 4.69) is 6.92 Å². The minimum atomic E-state index is -0.435. The Kier molecular flexibility index (Phi) is 4.04. The van der Waals surface area contributed by atoms with Gasteiger partial charge < -0.3 is 14.6 Å². The first-order valence-electron chi connectivity index (χ1n) is 6.92. The number of aliphatic hydroxyl groups excluding tert-OH is 1. The van der Waals surface area contributed by atoms with Crippen LogP contribution in [0.15, 0.2) is 12.1 Å². The SMILES string of the molecule is COc1cc(C)c(C(O)C2(C)CCCC2)cc1OC. The summed E-state index contributed by atoms with van der Waals surface area (Å²) in [4.78, 5) is 0. The van der Waals surface area contributed by atoms with Crippen molar-refractivity contribution in [2.45, 2.75) is 45.6 Å². The van der Waals surface area contributed by atoms with Gasteiger partial charge in [0.05, 0.1) is 20.3 Å². The fraction of sp³-hybridized carbons (Fsp3) is 0.625. The first-order chi connectivity index (χ1) is 9.01. The fourth-order valence-electron chi connectivity index (χ4n) is 3.12. The highest BCUT2D eigenvalue weighted by Gasteiger charge is 2.37. The number of rotatable bonds is 4. The van der Waals surface area contributed by atoms with Crippen molar-refractivity contribution >= 4 is 0 Å². The van der Waals surface area contributed by atoms with E-state index in [1.165, 1.54) is 12.8 Å². The van der Waals surface area contributed by atoms with Crippen molar-refractivity contribution in [2.75, 3.05) is 14.2 Å². The minimum absolute atomic E-state index is 0.00956. The summed E-state index contributed by atoms with van der Waals surface area (Å²) in [7, 11) is 3.26. The van der Waals surface area contributed by atoms with E-state index in [9.17, 15) is 5.11 Å². The summed E-state index contributed by atoms with van der Waals surface area (Å²) in [6, 6.07) is 3.86. The first kappa shape index (κ1) is 14.2. The Bertz CT molecular complexity index is 448. The fourth-order valence-corrected chi connectivity index (χ4v) is 3.12. The molecule has 3 heteroatoms. The highest BCUT2D eigenvalue weighted by Crippen LogP contribution is 2.48. The molecular formula is C16H24O3. The van der Waals surface area contributed by atoms with Gasteiger partial charge in [-0.1, -0.05) is 19.8 Å². The average molecular weight is 264 g/mol. The van der Waals surface area contributed by atoms with Crippen molar-refractivity contribution < 1.29 is 14.6 Å². The molecule has 1 unspecified atom stereocenters. The smallest absolute Gasteiger partial charge is 0.161 e. The van der Waals surface area contributed by atoms with Crippen LogP contribution in [-0.4, -0.2) is 19.3 Å². The van der Waals surface area contributed by atoms with Gasteiger partial charge in [0.2, 0.25) is 0 Å². The molecule has 1 aliphatic carbocycles. The van der Waals surface area contributed by atoms with Gasteiger partial charge in [0.25, 0.3) is 0 Å². The van der Waals surface area contributed by atoms with Crippen LogP contribution in [0, 0.1) is 12.3 Å². The van der Waals surface area contributed by atoms with Gasteiger partial charge in [-0.15, -0.1) is 0 Å². The van der Waals surface area contributed by atoms with Crippen molar-refractivity contribution in [1.29, 1.82) is 0 Å². The number of ether oxygens (including phenoxy) is 2. The molecule has 1 aromatic rings. The van der Waals surface area contributed by atoms with Crippen molar-refractivity contribution in [3.8, 4) is 11.5 Å². The molecule has 0 saturated heterocycles. The van der Waals surface area contributed by atoms with E-state index in [4.69, 9.17) is 9.47 Å². The maximum atomic E-state index is 10.7. The molecule has 1 aromatic carbocycles.